The first kappa shape index (κ1) is 15.7. The Hall–Kier alpha value is -1.26. The minimum absolute atomic E-state index is 0.161. The summed E-state index contributed by atoms with van der Waals surface area (Å²) in [5, 5.41) is 11.7. The van der Waals surface area contributed by atoms with Gasteiger partial charge in [-0.3, -0.25) is 4.79 Å². The van der Waals surface area contributed by atoms with E-state index in [1.54, 1.807) is 25.8 Å². The molecule has 0 aromatic rings. The van der Waals surface area contributed by atoms with E-state index in [9.17, 15) is 9.59 Å². The molecule has 2 N–H and O–H groups in total. The second-order valence-electron chi connectivity index (χ2n) is 4.65. The molecule has 5 heteroatoms. The summed E-state index contributed by atoms with van der Waals surface area (Å²) >= 11 is 0. The predicted molar refractivity (Wildman–Crippen MR) is 67.0 cm³/mol. The van der Waals surface area contributed by atoms with Crippen molar-refractivity contribution in [1.82, 2.24) is 10.2 Å². The van der Waals surface area contributed by atoms with E-state index in [0.717, 1.165) is 12.8 Å². The quantitative estimate of drug-likeness (QED) is 0.719. The number of nitrogens with zero attached hydrogens (tertiary/aromatic N) is 1. The topological polar surface area (TPSA) is 69.6 Å². The van der Waals surface area contributed by atoms with E-state index in [-0.39, 0.29) is 12.6 Å². The van der Waals surface area contributed by atoms with Crippen LogP contribution >= 0.6 is 0 Å². The normalized spacial score (nSPS) is 13.9. The Balaban J connectivity index is 4.18. The number of unbranched alkanes of at least 4 members (excludes halogenated alkanes) is 1. The molecule has 0 aliphatic rings. The van der Waals surface area contributed by atoms with Crippen molar-refractivity contribution in [1.29, 1.82) is 0 Å². The van der Waals surface area contributed by atoms with E-state index in [4.69, 9.17) is 5.11 Å². The van der Waals surface area contributed by atoms with Crippen LogP contribution in [0.5, 0.6) is 0 Å². The molecule has 17 heavy (non-hydrogen) atoms. The molecule has 5 nitrogen and oxygen atoms in total. The molecule has 0 bridgehead atoms. The van der Waals surface area contributed by atoms with Crippen molar-refractivity contribution in [3.63, 3.8) is 0 Å². The van der Waals surface area contributed by atoms with Gasteiger partial charge >= 0.3 is 12.0 Å². The second-order valence-corrected chi connectivity index (χ2v) is 4.65. The molecule has 1 unspecified atom stereocenters. The lowest BCUT2D eigenvalue weighted by Crippen LogP contribution is -2.45. The van der Waals surface area contributed by atoms with Crippen LogP contribution in [0, 0.1) is 5.41 Å². The lowest BCUT2D eigenvalue weighted by molar-refractivity contribution is -0.147. The molecule has 0 radical (unpaired) electrons. The molecule has 0 rings (SSSR count). The van der Waals surface area contributed by atoms with Gasteiger partial charge in [-0.15, -0.1) is 0 Å². The fourth-order valence-corrected chi connectivity index (χ4v) is 1.25. The predicted octanol–water partition coefficient (Wildman–Crippen LogP) is 1.93. The maximum atomic E-state index is 11.7. The summed E-state index contributed by atoms with van der Waals surface area (Å²) < 4.78 is 0. The Morgan fingerprint density at radius 3 is 2.35 bits per heavy atom. The third-order valence-electron chi connectivity index (χ3n) is 3.12. The van der Waals surface area contributed by atoms with E-state index >= 15 is 0 Å². The summed E-state index contributed by atoms with van der Waals surface area (Å²) in [6.45, 7) is 6.36. The number of nitrogens with one attached hydrogen (secondary N) is 1. The molecule has 0 saturated heterocycles. The zero-order valence-electron chi connectivity index (χ0n) is 11.2. The molecule has 0 heterocycles. The Morgan fingerprint density at radius 1 is 1.35 bits per heavy atom. The van der Waals surface area contributed by atoms with Gasteiger partial charge in [0.2, 0.25) is 0 Å². The molecule has 2 amide bonds. The number of carboxylic acid groups (broad SMARTS) is 1. The number of hydrogen-bond donors (Lipinski definition) is 2. The van der Waals surface area contributed by atoms with Gasteiger partial charge in [0.15, 0.2) is 0 Å². The van der Waals surface area contributed by atoms with Crippen molar-refractivity contribution in [2.24, 2.45) is 5.41 Å². The van der Waals surface area contributed by atoms with E-state index in [0.29, 0.717) is 13.0 Å². The number of hydrogen-bond acceptors (Lipinski definition) is 2. The number of carbonyl (C=O) groups excluding carboxylic acids is 1. The Kier molecular flexibility index (Phi) is 6.61. The zero-order valence-corrected chi connectivity index (χ0v) is 11.2. The molecular formula is C12H24N2O3. The lowest BCUT2D eigenvalue weighted by Gasteiger charge is -2.25. The van der Waals surface area contributed by atoms with Gasteiger partial charge in [-0.25, -0.2) is 4.79 Å². The molecule has 0 aromatic carbocycles. The van der Waals surface area contributed by atoms with Gasteiger partial charge in [-0.05, 0) is 19.8 Å². The largest absolute Gasteiger partial charge is 0.481 e. The van der Waals surface area contributed by atoms with Crippen LogP contribution < -0.4 is 5.32 Å². The van der Waals surface area contributed by atoms with Gasteiger partial charge in [-0.2, -0.15) is 0 Å². The van der Waals surface area contributed by atoms with Crippen LogP contribution in [-0.4, -0.2) is 42.1 Å². The van der Waals surface area contributed by atoms with E-state index in [1.165, 1.54) is 0 Å². The van der Waals surface area contributed by atoms with Crippen LogP contribution in [0.2, 0.25) is 0 Å². The highest BCUT2D eigenvalue weighted by Gasteiger charge is 2.31. The number of aliphatic carboxylic acids is 1. The zero-order chi connectivity index (χ0) is 13.5. The molecule has 0 aliphatic heterocycles. The van der Waals surface area contributed by atoms with Gasteiger partial charge < -0.3 is 15.3 Å². The molecule has 0 saturated carbocycles. The Bertz CT molecular complexity index is 268. The summed E-state index contributed by atoms with van der Waals surface area (Å²) in [5.41, 5.74) is -0.888. The van der Waals surface area contributed by atoms with Crippen molar-refractivity contribution < 1.29 is 14.7 Å². The second kappa shape index (κ2) is 7.14. The summed E-state index contributed by atoms with van der Waals surface area (Å²) in [6.07, 6.45) is 2.47. The summed E-state index contributed by atoms with van der Waals surface area (Å²) in [6, 6.07) is -0.209. The molecule has 0 aromatic heterocycles. The molecule has 0 spiro atoms. The van der Waals surface area contributed by atoms with Gasteiger partial charge in [0.05, 0.1) is 5.41 Å². The van der Waals surface area contributed by atoms with Crippen molar-refractivity contribution in [2.45, 2.75) is 40.0 Å². The SMILES string of the molecule is CCCCN(C)C(=O)NCC(C)(CC)C(=O)O. The number of urea groups is 1. The summed E-state index contributed by atoms with van der Waals surface area (Å²) in [5.74, 6) is -0.878. The van der Waals surface area contributed by atoms with Crippen molar-refractivity contribution in [3.05, 3.63) is 0 Å². The minimum Gasteiger partial charge on any atom is -0.481 e. The van der Waals surface area contributed by atoms with Crippen LogP contribution in [0.3, 0.4) is 0 Å². The summed E-state index contributed by atoms with van der Waals surface area (Å²) in [4.78, 5) is 24.3. The van der Waals surface area contributed by atoms with Gasteiger partial charge in [0.1, 0.15) is 0 Å². The molecule has 100 valence electrons. The molecule has 0 fully saturated rings. The fourth-order valence-electron chi connectivity index (χ4n) is 1.25. The number of amides is 2. The first-order chi connectivity index (χ1) is 7.87. The van der Waals surface area contributed by atoms with Gasteiger partial charge in [0.25, 0.3) is 0 Å². The van der Waals surface area contributed by atoms with Crippen molar-refractivity contribution in [2.75, 3.05) is 20.1 Å². The first-order valence-electron chi connectivity index (χ1n) is 6.09. The third kappa shape index (κ3) is 5.06. The van der Waals surface area contributed by atoms with Crippen LogP contribution in [0.1, 0.15) is 40.0 Å². The van der Waals surface area contributed by atoms with Crippen molar-refractivity contribution >= 4 is 12.0 Å². The number of carboxylic acids is 1. The molecule has 1 atom stereocenters. The maximum Gasteiger partial charge on any atom is 0.317 e. The molecule has 0 aliphatic carbocycles. The van der Waals surface area contributed by atoms with E-state index in [1.807, 2.05) is 0 Å². The highest BCUT2D eigenvalue weighted by Crippen LogP contribution is 2.19. The average molecular weight is 244 g/mol. The fraction of sp³-hybridized carbons (Fsp3) is 0.833. The number of rotatable bonds is 7. The highest BCUT2D eigenvalue weighted by atomic mass is 16.4. The first-order valence-corrected chi connectivity index (χ1v) is 6.09. The van der Waals surface area contributed by atoms with Gasteiger partial charge in [-0.1, -0.05) is 20.3 Å². The third-order valence-corrected chi connectivity index (χ3v) is 3.12. The van der Waals surface area contributed by atoms with E-state index in [2.05, 4.69) is 12.2 Å². The molecular weight excluding hydrogens is 220 g/mol. The maximum absolute atomic E-state index is 11.7. The van der Waals surface area contributed by atoms with E-state index < -0.39 is 11.4 Å². The Morgan fingerprint density at radius 2 is 1.94 bits per heavy atom. The standard InChI is InChI=1S/C12H24N2O3/c1-5-7-8-14(4)11(17)13-9-12(3,6-2)10(15)16/h5-9H2,1-4H3,(H,13,17)(H,15,16). The van der Waals surface area contributed by atoms with Crippen LogP contribution in [0.25, 0.3) is 0 Å². The minimum atomic E-state index is -0.888. The Labute approximate surface area is 103 Å². The van der Waals surface area contributed by atoms with Crippen LogP contribution in [-0.2, 0) is 4.79 Å². The van der Waals surface area contributed by atoms with Crippen molar-refractivity contribution in [3.8, 4) is 0 Å². The van der Waals surface area contributed by atoms with Crippen LogP contribution in [0.15, 0.2) is 0 Å². The smallest absolute Gasteiger partial charge is 0.317 e. The van der Waals surface area contributed by atoms with Crippen LogP contribution in [0.4, 0.5) is 4.79 Å². The highest BCUT2D eigenvalue weighted by molar-refractivity contribution is 5.77. The average Bonchev–Trinajstić information content (AvgIpc) is 2.31. The monoisotopic (exact) mass is 244 g/mol. The number of carbonyl (C=O) groups is 2. The summed E-state index contributed by atoms with van der Waals surface area (Å²) in [7, 11) is 1.72. The lowest BCUT2D eigenvalue weighted by atomic mass is 9.88. The van der Waals surface area contributed by atoms with Gasteiger partial charge in [0, 0.05) is 20.1 Å².